The maximum atomic E-state index is 11.6. The normalized spacial score (nSPS) is 22.0. The van der Waals surface area contributed by atoms with Crippen molar-refractivity contribution in [2.24, 2.45) is 0 Å². The second-order valence-corrected chi connectivity index (χ2v) is 5.54. The second kappa shape index (κ2) is 6.32. The molecule has 2 aliphatic heterocycles. The first kappa shape index (κ1) is 15.4. The maximum Gasteiger partial charge on any atom is 0.325 e. The highest BCUT2D eigenvalue weighted by Gasteiger charge is 2.32. The molecule has 2 fully saturated rings. The number of hydrogen-bond donors (Lipinski definition) is 3. The van der Waals surface area contributed by atoms with Gasteiger partial charge >= 0.3 is 12.0 Å². The molecule has 1 atom stereocenters. The molecule has 10 heteroatoms. The Morgan fingerprint density at radius 1 is 1.35 bits per heavy atom. The molecule has 2 aliphatic rings. The summed E-state index contributed by atoms with van der Waals surface area (Å²) in [5.41, 5.74) is 0. The molecule has 124 valence electrons. The first-order valence-electron chi connectivity index (χ1n) is 7.37. The quantitative estimate of drug-likeness (QED) is 0.592. The van der Waals surface area contributed by atoms with Gasteiger partial charge in [-0.15, -0.1) is 0 Å². The van der Waals surface area contributed by atoms with Crippen molar-refractivity contribution in [1.82, 2.24) is 25.4 Å². The van der Waals surface area contributed by atoms with Gasteiger partial charge in [-0.3, -0.25) is 14.9 Å². The lowest BCUT2D eigenvalue weighted by Crippen LogP contribution is -2.32. The Hall–Kier alpha value is -2.49. The van der Waals surface area contributed by atoms with Crippen molar-refractivity contribution in [3.8, 4) is 0 Å². The van der Waals surface area contributed by atoms with E-state index in [2.05, 4.69) is 20.7 Å². The summed E-state index contributed by atoms with van der Waals surface area (Å²) in [4.78, 5) is 38.2. The van der Waals surface area contributed by atoms with Gasteiger partial charge in [0.2, 0.25) is 0 Å². The highest BCUT2D eigenvalue weighted by atomic mass is 16.5. The largest absolute Gasteiger partial charge is 0.480 e. The number of carbonyl (C=O) groups is 3. The number of nitrogens with zero attached hydrogens (tertiary/aromatic N) is 3. The predicted octanol–water partition coefficient (Wildman–Crippen LogP) is -0.993. The number of ether oxygens (including phenoxy) is 1. The Balaban J connectivity index is 1.81. The van der Waals surface area contributed by atoms with E-state index in [0.29, 0.717) is 24.9 Å². The van der Waals surface area contributed by atoms with Gasteiger partial charge in [0.1, 0.15) is 18.4 Å². The van der Waals surface area contributed by atoms with Crippen LogP contribution in [0.3, 0.4) is 0 Å². The zero-order chi connectivity index (χ0) is 16.4. The van der Waals surface area contributed by atoms with Gasteiger partial charge in [0.05, 0.1) is 0 Å². The highest BCUT2D eigenvalue weighted by Crippen LogP contribution is 2.24. The number of urea groups is 1. The van der Waals surface area contributed by atoms with E-state index in [1.165, 1.54) is 4.68 Å². The molecule has 0 bridgehead atoms. The molecule has 3 heterocycles. The number of nitrogens with one attached hydrogen (secondary N) is 2. The topological polar surface area (TPSA) is 135 Å². The molecule has 2 saturated heterocycles. The Morgan fingerprint density at radius 3 is 2.70 bits per heavy atom. The lowest BCUT2D eigenvalue weighted by atomic mass is 10.00. The van der Waals surface area contributed by atoms with Crippen molar-refractivity contribution in [2.45, 2.75) is 37.8 Å². The first-order valence-corrected chi connectivity index (χ1v) is 7.37. The molecule has 3 amide bonds. The van der Waals surface area contributed by atoms with Crippen LogP contribution in [-0.4, -0.2) is 57.0 Å². The number of amides is 3. The minimum Gasteiger partial charge on any atom is -0.480 e. The number of aliphatic carboxylic acids is 1. The van der Waals surface area contributed by atoms with Gasteiger partial charge in [0.15, 0.2) is 5.82 Å². The van der Waals surface area contributed by atoms with Crippen LogP contribution in [-0.2, 0) is 27.3 Å². The minimum atomic E-state index is -1.05. The number of carboxylic acid groups (broad SMARTS) is 1. The summed E-state index contributed by atoms with van der Waals surface area (Å²) >= 11 is 0. The molecular formula is C13H17N5O5. The van der Waals surface area contributed by atoms with Crippen molar-refractivity contribution >= 4 is 17.9 Å². The monoisotopic (exact) mass is 323 g/mol. The fourth-order valence-electron chi connectivity index (χ4n) is 2.71. The van der Waals surface area contributed by atoms with Crippen LogP contribution in [0.2, 0.25) is 0 Å². The zero-order valence-corrected chi connectivity index (χ0v) is 12.3. The van der Waals surface area contributed by atoms with Crippen molar-refractivity contribution in [3.05, 3.63) is 11.6 Å². The minimum absolute atomic E-state index is 0.0983. The molecule has 0 radical (unpaired) electrons. The summed E-state index contributed by atoms with van der Waals surface area (Å²) < 4.78 is 6.58. The fourth-order valence-corrected chi connectivity index (χ4v) is 2.71. The molecule has 1 aromatic rings. The van der Waals surface area contributed by atoms with Crippen LogP contribution in [0.25, 0.3) is 0 Å². The molecule has 0 aliphatic carbocycles. The third-order valence-corrected chi connectivity index (χ3v) is 3.88. The van der Waals surface area contributed by atoms with Crippen molar-refractivity contribution < 1.29 is 24.2 Å². The number of aromatic nitrogens is 3. The molecular weight excluding hydrogens is 306 g/mol. The van der Waals surface area contributed by atoms with E-state index in [-0.39, 0.29) is 18.9 Å². The molecule has 1 aromatic heterocycles. The van der Waals surface area contributed by atoms with E-state index in [1.807, 2.05) is 0 Å². The van der Waals surface area contributed by atoms with E-state index < -0.39 is 23.9 Å². The summed E-state index contributed by atoms with van der Waals surface area (Å²) in [5, 5.41) is 17.9. The summed E-state index contributed by atoms with van der Waals surface area (Å²) in [5.74, 6) is -0.447. The van der Waals surface area contributed by atoms with Crippen LogP contribution in [0.4, 0.5) is 4.79 Å². The Morgan fingerprint density at radius 2 is 2.09 bits per heavy atom. The van der Waals surface area contributed by atoms with Crippen LogP contribution in [0.1, 0.15) is 30.4 Å². The van der Waals surface area contributed by atoms with E-state index in [9.17, 15) is 14.4 Å². The van der Waals surface area contributed by atoms with Crippen LogP contribution in [0.15, 0.2) is 0 Å². The maximum absolute atomic E-state index is 11.6. The molecule has 3 N–H and O–H groups in total. The number of imide groups is 1. The van der Waals surface area contributed by atoms with Gasteiger partial charge < -0.3 is 15.2 Å². The van der Waals surface area contributed by atoms with E-state index >= 15 is 0 Å². The summed E-state index contributed by atoms with van der Waals surface area (Å²) in [6.07, 6.45) is 1.65. The molecule has 3 rings (SSSR count). The van der Waals surface area contributed by atoms with Crippen LogP contribution >= 0.6 is 0 Å². The molecule has 0 saturated carbocycles. The van der Waals surface area contributed by atoms with Crippen molar-refractivity contribution in [3.63, 3.8) is 0 Å². The molecule has 0 unspecified atom stereocenters. The Kier molecular flexibility index (Phi) is 4.24. The van der Waals surface area contributed by atoms with Gasteiger partial charge in [-0.1, -0.05) is 0 Å². The first-order chi connectivity index (χ1) is 11.0. The Labute approximate surface area is 131 Å². The smallest absolute Gasteiger partial charge is 0.325 e. The lowest BCUT2D eigenvalue weighted by Gasteiger charge is -2.18. The third-order valence-electron chi connectivity index (χ3n) is 3.88. The highest BCUT2D eigenvalue weighted by molar-refractivity contribution is 6.04. The zero-order valence-electron chi connectivity index (χ0n) is 12.3. The lowest BCUT2D eigenvalue weighted by molar-refractivity contribution is -0.138. The van der Waals surface area contributed by atoms with E-state index in [1.54, 1.807) is 0 Å². The SMILES string of the molecule is O=C(O)Cn1nc(C2CCOCC2)nc1C[C@H]1NC(=O)NC1=O. The fraction of sp³-hybridized carbons (Fsp3) is 0.615. The predicted molar refractivity (Wildman–Crippen MR) is 74.6 cm³/mol. The Bertz CT molecular complexity index is 637. The molecule has 10 nitrogen and oxygen atoms in total. The third kappa shape index (κ3) is 3.47. The van der Waals surface area contributed by atoms with E-state index in [0.717, 1.165) is 12.8 Å². The van der Waals surface area contributed by atoms with Crippen molar-refractivity contribution in [2.75, 3.05) is 13.2 Å². The van der Waals surface area contributed by atoms with Gasteiger partial charge in [0, 0.05) is 25.6 Å². The number of carboxylic acids is 1. The summed E-state index contributed by atoms with van der Waals surface area (Å²) in [6.45, 7) is 0.900. The van der Waals surface area contributed by atoms with Crippen LogP contribution in [0, 0.1) is 0 Å². The van der Waals surface area contributed by atoms with E-state index in [4.69, 9.17) is 9.84 Å². The molecule has 0 aromatic carbocycles. The van der Waals surface area contributed by atoms with Gasteiger partial charge in [0.25, 0.3) is 5.91 Å². The molecule has 23 heavy (non-hydrogen) atoms. The average Bonchev–Trinajstić information content (AvgIpc) is 3.03. The van der Waals surface area contributed by atoms with Gasteiger partial charge in [-0.05, 0) is 12.8 Å². The standard InChI is InChI=1S/C13H17N5O5/c19-10(20)6-18-9(5-8-12(21)16-13(22)14-8)15-11(17-18)7-1-3-23-4-2-7/h7-8H,1-6H2,(H,19,20)(H2,14,16,21,22)/t8-/m1/s1. The van der Waals surface area contributed by atoms with Crippen molar-refractivity contribution in [1.29, 1.82) is 0 Å². The number of rotatable bonds is 5. The van der Waals surface area contributed by atoms with Gasteiger partial charge in [-0.25, -0.2) is 14.5 Å². The van der Waals surface area contributed by atoms with Crippen LogP contribution in [0.5, 0.6) is 0 Å². The summed E-state index contributed by atoms with van der Waals surface area (Å²) in [7, 11) is 0. The summed E-state index contributed by atoms with van der Waals surface area (Å²) in [6, 6.07) is -1.32. The average molecular weight is 323 g/mol. The number of hydrogen-bond acceptors (Lipinski definition) is 6. The van der Waals surface area contributed by atoms with Gasteiger partial charge in [-0.2, -0.15) is 5.10 Å². The van der Waals surface area contributed by atoms with Crippen LogP contribution < -0.4 is 10.6 Å². The second-order valence-electron chi connectivity index (χ2n) is 5.54. The molecule has 0 spiro atoms. The number of carbonyl (C=O) groups excluding carboxylic acids is 2.